The maximum Gasteiger partial charge on any atom is 0.0826 e. The summed E-state index contributed by atoms with van der Waals surface area (Å²) in [6, 6.07) is 0. The van der Waals surface area contributed by atoms with Gasteiger partial charge in [0, 0.05) is 26.2 Å². The van der Waals surface area contributed by atoms with Crippen LogP contribution >= 0.6 is 0 Å². The largest absolute Gasteiger partial charge is 0.396 e. The monoisotopic (exact) mass is 214 g/mol. The Labute approximate surface area is 91.6 Å². The van der Waals surface area contributed by atoms with E-state index in [1.165, 1.54) is 0 Å². The van der Waals surface area contributed by atoms with Gasteiger partial charge >= 0.3 is 0 Å². The standard InChI is InChI=1S/C11H22N2O2/c14-9-10-1-4-13(5-2-10)8-11-7-12-3-6-15-11/h10-12,14H,1-9H2. The summed E-state index contributed by atoms with van der Waals surface area (Å²) in [7, 11) is 0. The summed E-state index contributed by atoms with van der Waals surface area (Å²) in [5.74, 6) is 0.534. The molecule has 2 heterocycles. The molecular weight excluding hydrogens is 192 g/mol. The second-order valence-corrected chi connectivity index (χ2v) is 4.62. The number of morpholine rings is 1. The third kappa shape index (κ3) is 3.41. The van der Waals surface area contributed by atoms with Gasteiger partial charge in [-0.05, 0) is 31.8 Å². The lowest BCUT2D eigenvalue weighted by Crippen LogP contribution is -2.47. The molecule has 0 bridgehead atoms. The molecule has 1 atom stereocenters. The molecule has 0 aromatic heterocycles. The highest BCUT2D eigenvalue weighted by molar-refractivity contribution is 4.76. The van der Waals surface area contributed by atoms with E-state index < -0.39 is 0 Å². The summed E-state index contributed by atoms with van der Waals surface area (Å²) < 4.78 is 5.68. The van der Waals surface area contributed by atoms with Gasteiger partial charge in [-0.1, -0.05) is 0 Å². The number of hydrogen-bond acceptors (Lipinski definition) is 4. The van der Waals surface area contributed by atoms with Gasteiger partial charge in [-0.25, -0.2) is 0 Å². The van der Waals surface area contributed by atoms with Crippen molar-refractivity contribution in [1.82, 2.24) is 10.2 Å². The highest BCUT2D eigenvalue weighted by Gasteiger charge is 2.22. The Morgan fingerprint density at radius 3 is 2.73 bits per heavy atom. The molecule has 2 rings (SSSR count). The molecule has 0 saturated carbocycles. The number of aliphatic hydroxyl groups is 1. The van der Waals surface area contributed by atoms with Crippen LogP contribution in [-0.4, -0.2) is 62.0 Å². The second kappa shape index (κ2) is 5.80. The molecule has 0 spiro atoms. The molecule has 2 aliphatic heterocycles. The van der Waals surface area contributed by atoms with Crippen molar-refractivity contribution in [3.8, 4) is 0 Å². The first-order chi connectivity index (χ1) is 7.38. The molecule has 15 heavy (non-hydrogen) atoms. The van der Waals surface area contributed by atoms with Gasteiger partial charge in [0.25, 0.3) is 0 Å². The minimum absolute atomic E-state index is 0.356. The van der Waals surface area contributed by atoms with Gasteiger partial charge in [0.15, 0.2) is 0 Å². The maximum atomic E-state index is 9.05. The minimum Gasteiger partial charge on any atom is -0.396 e. The average molecular weight is 214 g/mol. The highest BCUT2D eigenvalue weighted by atomic mass is 16.5. The number of likely N-dealkylation sites (tertiary alicyclic amines) is 1. The van der Waals surface area contributed by atoms with Crippen LogP contribution < -0.4 is 5.32 Å². The quantitative estimate of drug-likeness (QED) is 0.676. The Bertz CT molecular complexity index is 175. The third-order valence-corrected chi connectivity index (χ3v) is 3.43. The van der Waals surface area contributed by atoms with Crippen LogP contribution in [-0.2, 0) is 4.74 Å². The van der Waals surface area contributed by atoms with E-state index in [1.54, 1.807) is 0 Å². The summed E-state index contributed by atoms with van der Waals surface area (Å²) in [5, 5.41) is 12.4. The predicted octanol–water partition coefficient (Wildman–Crippen LogP) is -0.321. The van der Waals surface area contributed by atoms with Crippen LogP contribution in [0, 0.1) is 5.92 Å². The van der Waals surface area contributed by atoms with Crippen LogP contribution in [0.5, 0.6) is 0 Å². The molecule has 88 valence electrons. The molecule has 0 aliphatic carbocycles. The fraction of sp³-hybridized carbons (Fsp3) is 1.00. The topological polar surface area (TPSA) is 44.7 Å². The van der Waals surface area contributed by atoms with Crippen molar-refractivity contribution in [2.45, 2.75) is 18.9 Å². The lowest BCUT2D eigenvalue weighted by molar-refractivity contribution is -0.00259. The van der Waals surface area contributed by atoms with Gasteiger partial charge < -0.3 is 20.1 Å². The molecule has 2 N–H and O–H groups in total. The van der Waals surface area contributed by atoms with E-state index >= 15 is 0 Å². The summed E-state index contributed by atoms with van der Waals surface area (Å²) in [4.78, 5) is 2.46. The number of hydrogen-bond donors (Lipinski definition) is 2. The third-order valence-electron chi connectivity index (χ3n) is 3.43. The molecule has 0 amide bonds. The Balaban J connectivity index is 1.67. The summed E-state index contributed by atoms with van der Waals surface area (Å²) in [6.45, 7) is 6.46. The highest BCUT2D eigenvalue weighted by Crippen LogP contribution is 2.16. The maximum absolute atomic E-state index is 9.05. The van der Waals surface area contributed by atoms with Crippen molar-refractivity contribution in [3.63, 3.8) is 0 Å². The predicted molar refractivity (Wildman–Crippen MR) is 58.9 cm³/mol. The van der Waals surface area contributed by atoms with Crippen molar-refractivity contribution >= 4 is 0 Å². The van der Waals surface area contributed by atoms with Gasteiger partial charge in [0.1, 0.15) is 0 Å². The summed E-state index contributed by atoms with van der Waals surface area (Å²) in [6.07, 6.45) is 2.64. The number of nitrogens with zero attached hydrogens (tertiary/aromatic N) is 1. The van der Waals surface area contributed by atoms with Crippen LogP contribution in [0.3, 0.4) is 0 Å². The van der Waals surface area contributed by atoms with Crippen molar-refractivity contribution in [2.24, 2.45) is 5.92 Å². The number of rotatable bonds is 3. The van der Waals surface area contributed by atoms with Crippen molar-refractivity contribution in [3.05, 3.63) is 0 Å². The van der Waals surface area contributed by atoms with Crippen LogP contribution in [0.4, 0.5) is 0 Å². The molecule has 4 heteroatoms. The average Bonchev–Trinajstić information content (AvgIpc) is 2.31. The van der Waals surface area contributed by atoms with Gasteiger partial charge in [-0.15, -0.1) is 0 Å². The van der Waals surface area contributed by atoms with E-state index in [2.05, 4.69) is 10.2 Å². The molecule has 2 aliphatic rings. The molecule has 1 unspecified atom stereocenters. The van der Waals surface area contributed by atoms with E-state index in [-0.39, 0.29) is 0 Å². The second-order valence-electron chi connectivity index (χ2n) is 4.62. The SMILES string of the molecule is OCC1CCN(CC2CNCCO2)CC1. The zero-order chi connectivity index (χ0) is 10.5. The Morgan fingerprint density at radius 1 is 1.33 bits per heavy atom. The van der Waals surface area contributed by atoms with Crippen LogP contribution in [0.25, 0.3) is 0 Å². The fourth-order valence-electron chi connectivity index (χ4n) is 2.38. The van der Waals surface area contributed by atoms with Crippen molar-refractivity contribution in [1.29, 1.82) is 0 Å². The van der Waals surface area contributed by atoms with E-state index in [0.717, 1.165) is 52.2 Å². The zero-order valence-corrected chi connectivity index (χ0v) is 9.32. The number of nitrogens with one attached hydrogen (secondary N) is 1. The Kier molecular flexibility index (Phi) is 4.38. The van der Waals surface area contributed by atoms with Crippen LogP contribution in [0.15, 0.2) is 0 Å². The Morgan fingerprint density at radius 2 is 2.13 bits per heavy atom. The van der Waals surface area contributed by atoms with E-state index in [1.807, 2.05) is 0 Å². The van der Waals surface area contributed by atoms with Crippen molar-refractivity contribution in [2.75, 3.05) is 45.9 Å². The lowest BCUT2D eigenvalue weighted by atomic mass is 9.98. The number of ether oxygens (including phenoxy) is 1. The first-order valence-corrected chi connectivity index (χ1v) is 6.04. The molecule has 0 radical (unpaired) electrons. The lowest BCUT2D eigenvalue weighted by Gasteiger charge is -2.34. The molecule has 4 nitrogen and oxygen atoms in total. The molecule has 0 aromatic carbocycles. The Hall–Kier alpha value is -0.160. The molecular formula is C11H22N2O2. The fourth-order valence-corrected chi connectivity index (χ4v) is 2.38. The van der Waals surface area contributed by atoms with Gasteiger partial charge in [0.2, 0.25) is 0 Å². The van der Waals surface area contributed by atoms with Crippen molar-refractivity contribution < 1.29 is 9.84 Å². The first-order valence-electron chi connectivity index (χ1n) is 6.04. The molecule has 0 aromatic rings. The molecule has 2 saturated heterocycles. The summed E-state index contributed by atoms with van der Waals surface area (Å²) >= 11 is 0. The van der Waals surface area contributed by atoms with E-state index in [4.69, 9.17) is 9.84 Å². The molecule has 2 fully saturated rings. The van der Waals surface area contributed by atoms with E-state index in [9.17, 15) is 0 Å². The first kappa shape index (κ1) is 11.3. The zero-order valence-electron chi connectivity index (χ0n) is 9.32. The van der Waals surface area contributed by atoms with Gasteiger partial charge in [-0.2, -0.15) is 0 Å². The smallest absolute Gasteiger partial charge is 0.0826 e. The summed E-state index contributed by atoms with van der Waals surface area (Å²) in [5.41, 5.74) is 0. The normalized spacial score (nSPS) is 30.6. The number of piperidine rings is 1. The number of aliphatic hydroxyl groups excluding tert-OH is 1. The minimum atomic E-state index is 0.356. The van der Waals surface area contributed by atoms with Gasteiger partial charge in [0.05, 0.1) is 12.7 Å². The van der Waals surface area contributed by atoms with Crippen LogP contribution in [0.2, 0.25) is 0 Å². The van der Waals surface area contributed by atoms with Crippen LogP contribution in [0.1, 0.15) is 12.8 Å². The van der Waals surface area contributed by atoms with Gasteiger partial charge in [-0.3, -0.25) is 0 Å². The van der Waals surface area contributed by atoms with E-state index in [0.29, 0.717) is 18.6 Å².